The average molecular weight is 182 g/mol. The number of rotatable bonds is 6. The Hall–Kier alpha value is -0.930. The topological polar surface area (TPSA) is 22.3 Å². The first-order valence-corrected chi connectivity index (χ1v) is 4.44. The predicted octanol–water partition coefficient (Wildman–Crippen LogP) is 0.637. The molecular weight excluding hydrogens is 166 g/mol. The summed E-state index contributed by atoms with van der Waals surface area (Å²) in [5, 5.41) is 0. The monoisotopic (exact) mass is 182 g/mol. The molecular formula is C10H16NO2+. The van der Waals surface area contributed by atoms with E-state index in [4.69, 9.17) is 9.47 Å². The van der Waals surface area contributed by atoms with Crippen molar-refractivity contribution in [2.75, 3.05) is 26.9 Å². The van der Waals surface area contributed by atoms with Gasteiger partial charge in [0.15, 0.2) is 18.9 Å². The summed E-state index contributed by atoms with van der Waals surface area (Å²) in [4.78, 5) is 0. The summed E-state index contributed by atoms with van der Waals surface area (Å²) in [5.41, 5.74) is 0. The molecule has 0 saturated heterocycles. The molecule has 13 heavy (non-hydrogen) atoms. The van der Waals surface area contributed by atoms with Crippen LogP contribution in [-0.2, 0) is 16.0 Å². The van der Waals surface area contributed by atoms with Crippen LogP contribution in [0.3, 0.4) is 0 Å². The van der Waals surface area contributed by atoms with Gasteiger partial charge in [0, 0.05) is 19.2 Å². The van der Waals surface area contributed by atoms with Crippen LogP contribution in [0.25, 0.3) is 0 Å². The highest BCUT2D eigenvalue weighted by atomic mass is 16.5. The number of nitrogens with zero attached hydrogens (tertiary/aromatic N) is 1. The van der Waals surface area contributed by atoms with Crippen LogP contribution in [0, 0.1) is 0 Å². The van der Waals surface area contributed by atoms with E-state index < -0.39 is 0 Å². The highest BCUT2D eigenvalue weighted by Crippen LogP contribution is 1.79. The minimum absolute atomic E-state index is 0.666. The Labute approximate surface area is 78.9 Å². The van der Waals surface area contributed by atoms with Crippen LogP contribution in [0.15, 0.2) is 30.6 Å². The van der Waals surface area contributed by atoms with E-state index in [1.54, 1.807) is 7.11 Å². The summed E-state index contributed by atoms with van der Waals surface area (Å²) in [6.45, 7) is 2.96. The zero-order valence-corrected chi connectivity index (χ0v) is 7.98. The van der Waals surface area contributed by atoms with Crippen LogP contribution < -0.4 is 4.57 Å². The van der Waals surface area contributed by atoms with E-state index in [9.17, 15) is 0 Å². The van der Waals surface area contributed by atoms with Gasteiger partial charge < -0.3 is 9.47 Å². The molecule has 1 aromatic heterocycles. The summed E-state index contributed by atoms with van der Waals surface area (Å²) >= 11 is 0. The molecule has 0 aliphatic rings. The van der Waals surface area contributed by atoms with Gasteiger partial charge >= 0.3 is 0 Å². The number of hydrogen-bond donors (Lipinski definition) is 0. The largest absolute Gasteiger partial charge is 0.382 e. The van der Waals surface area contributed by atoms with Gasteiger partial charge in [0.25, 0.3) is 0 Å². The fourth-order valence-electron chi connectivity index (χ4n) is 0.998. The van der Waals surface area contributed by atoms with Crippen molar-refractivity contribution >= 4 is 0 Å². The summed E-state index contributed by atoms with van der Waals surface area (Å²) in [7, 11) is 1.68. The standard InChI is InChI=1S/C10H16NO2/c1-12-9-10-13-8-7-11-5-3-2-4-6-11/h2-6H,7-10H2,1H3/q+1. The molecule has 72 valence electrons. The van der Waals surface area contributed by atoms with Crippen molar-refractivity contribution in [2.24, 2.45) is 0 Å². The van der Waals surface area contributed by atoms with Crippen molar-refractivity contribution in [2.45, 2.75) is 6.54 Å². The lowest BCUT2D eigenvalue weighted by atomic mass is 10.5. The number of pyridine rings is 1. The van der Waals surface area contributed by atoms with Gasteiger partial charge in [0.05, 0.1) is 13.2 Å². The second-order valence-corrected chi connectivity index (χ2v) is 2.72. The number of hydrogen-bond acceptors (Lipinski definition) is 2. The van der Waals surface area contributed by atoms with E-state index in [-0.39, 0.29) is 0 Å². The van der Waals surface area contributed by atoms with Crippen molar-refractivity contribution in [3.05, 3.63) is 30.6 Å². The molecule has 3 heteroatoms. The third kappa shape index (κ3) is 4.60. The van der Waals surface area contributed by atoms with E-state index in [1.165, 1.54) is 0 Å². The minimum Gasteiger partial charge on any atom is -0.382 e. The lowest BCUT2D eigenvalue weighted by Gasteiger charge is -2.00. The van der Waals surface area contributed by atoms with Crippen molar-refractivity contribution < 1.29 is 14.0 Å². The van der Waals surface area contributed by atoms with E-state index in [2.05, 4.69) is 4.57 Å². The van der Waals surface area contributed by atoms with Crippen LogP contribution in [-0.4, -0.2) is 26.9 Å². The highest BCUT2D eigenvalue weighted by Gasteiger charge is 1.96. The Kier molecular flexibility index (Phi) is 5.13. The Bertz CT molecular complexity index is 213. The number of aromatic nitrogens is 1. The van der Waals surface area contributed by atoms with Gasteiger partial charge in [0.1, 0.15) is 6.61 Å². The second kappa shape index (κ2) is 6.57. The molecule has 0 saturated carbocycles. The molecule has 3 nitrogen and oxygen atoms in total. The Balaban J connectivity index is 2.07. The first kappa shape index (κ1) is 10.2. The van der Waals surface area contributed by atoms with Gasteiger partial charge in [-0.2, -0.15) is 0 Å². The average Bonchev–Trinajstić information content (AvgIpc) is 2.19. The Morgan fingerprint density at radius 1 is 1.00 bits per heavy atom. The summed E-state index contributed by atoms with van der Waals surface area (Å²) in [6.07, 6.45) is 4.05. The molecule has 0 atom stereocenters. The number of ether oxygens (including phenoxy) is 2. The molecule has 0 bridgehead atoms. The van der Waals surface area contributed by atoms with Crippen LogP contribution in [0.1, 0.15) is 0 Å². The first-order valence-electron chi connectivity index (χ1n) is 4.44. The second-order valence-electron chi connectivity index (χ2n) is 2.72. The normalized spacial score (nSPS) is 10.2. The molecule has 1 rings (SSSR count). The molecule has 0 aromatic carbocycles. The van der Waals surface area contributed by atoms with E-state index in [0.29, 0.717) is 13.2 Å². The smallest absolute Gasteiger partial charge is 0.171 e. The molecule has 0 radical (unpaired) electrons. The molecule has 1 aromatic rings. The molecule has 0 aliphatic carbocycles. The maximum atomic E-state index is 5.33. The molecule has 0 spiro atoms. The Morgan fingerprint density at radius 3 is 2.46 bits per heavy atom. The maximum absolute atomic E-state index is 5.33. The SMILES string of the molecule is COCCOCC[n+]1ccccc1. The summed E-state index contributed by atoms with van der Waals surface area (Å²) in [6, 6.07) is 6.02. The maximum Gasteiger partial charge on any atom is 0.171 e. The zero-order valence-electron chi connectivity index (χ0n) is 7.98. The van der Waals surface area contributed by atoms with Gasteiger partial charge in [0.2, 0.25) is 0 Å². The lowest BCUT2D eigenvalue weighted by molar-refractivity contribution is -0.698. The van der Waals surface area contributed by atoms with E-state index >= 15 is 0 Å². The molecule has 0 aliphatic heterocycles. The molecule has 1 heterocycles. The molecule has 0 fully saturated rings. The van der Waals surface area contributed by atoms with Gasteiger partial charge in [-0.25, -0.2) is 4.57 Å². The van der Waals surface area contributed by atoms with Crippen LogP contribution in [0.5, 0.6) is 0 Å². The van der Waals surface area contributed by atoms with E-state index in [1.807, 2.05) is 30.6 Å². The molecule has 0 N–H and O–H groups in total. The van der Waals surface area contributed by atoms with Gasteiger partial charge in [-0.3, -0.25) is 0 Å². The van der Waals surface area contributed by atoms with Crippen molar-refractivity contribution in [1.29, 1.82) is 0 Å². The van der Waals surface area contributed by atoms with Crippen LogP contribution >= 0.6 is 0 Å². The molecule has 0 amide bonds. The quantitative estimate of drug-likeness (QED) is 0.476. The van der Waals surface area contributed by atoms with Crippen LogP contribution in [0.2, 0.25) is 0 Å². The number of methoxy groups -OCH3 is 1. The van der Waals surface area contributed by atoms with Crippen molar-refractivity contribution in [3.63, 3.8) is 0 Å². The molecule has 0 unspecified atom stereocenters. The predicted molar refractivity (Wildman–Crippen MR) is 49.3 cm³/mol. The van der Waals surface area contributed by atoms with Gasteiger partial charge in [-0.1, -0.05) is 6.07 Å². The van der Waals surface area contributed by atoms with Crippen molar-refractivity contribution in [3.8, 4) is 0 Å². The van der Waals surface area contributed by atoms with Crippen LogP contribution in [0.4, 0.5) is 0 Å². The zero-order chi connectivity index (χ0) is 9.36. The van der Waals surface area contributed by atoms with Gasteiger partial charge in [-0.15, -0.1) is 0 Å². The lowest BCUT2D eigenvalue weighted by Crippen LogP contribution is -2.34. The highest BCUT2D eigenvalue weighted by molar-refractivity contribution is 4.83. The third-order valence-corrected chi connectivity index (χ3v) is 1.70. The van der Waals surface area contributed by atoms with E-state index in [0.717, 1.165) is 13.2 Å². The summed E-state index contributed by atoms with van der Waals surface area (Å²) in [5.74, 6) is 0. The third-order valence-electron chi connectivity index (χ3n) is 1.70. The van der Waals surface area contributed by atoms with Crippen molar-refractivity contribution in [1.82, 2.24) is 0 Å². The van der Waals surface area contributed by atoms with Gasteiger partial charge in [-0.05, 0) is 0 Å². The Morgan fingerprint density at radius 2 is 1.77 bits per heavy atom. The fourth-order valence-corrected chi connectivity index (χ4v) is 0.998. The fraction of sp³-hybridized carbons (Fsp3) is 0.500. The minimum atomic E-state index is 0.666. The first-order chi connectivity index (χ1) is 6.43. The summed E-state index contributed by atoms with van der Waals surface area (Å²) < 4.78 is 12.3.